The molecule has 0 N–H and O–H groups in total. The van der Waals surface area contributed by atoms with Gasteiger partial charge in [0.15, 0.2) is 0 Å². The summed E-state index contributed by atoms with van der Waals surface area (Å²) >= 11 is 0. The van der Waals surface area contributed by atoms with Gasteiger partial charge in [-0.3, -0.25) is 0 Å². The fourth-order valence-corrected chi connectivity index (χ4v) is 7.62. The quantitative estimate of drug-likeness (QED) is 0.174. The molecule has 10 rings (SSSR count). The molecule has 6 heterocycles. The van der Waals surface area contributed by atoms with Crippen LogP contribution in [-0.2, 0) is 7.05 Å². The Labute approximate surface area is 229 Å². The number of fused-ring (bicyclic) bond motifs is 9. The highest BCUT2D eigenvalue weighted by Crippen LogP contribution is 2.52. The van der Waals surface area contributed by atoms with Gasteiger partial charge >= 0.3 is 0 Å². The third kappa shape index (κ3) is 2.24. The second kappa shape index (κ2) is 6.88. The topological polar surface area (TPSA) is 26.3 Å². The van der Waals surface area contributed by atoms with Crippen molar-refractivity contribution in [3.8, 4) is 17.2 Å². The summed E-state index contributed by atoms with van der Waals surface area (Å²) in [5.41, 5.74) is 9.75. The van der Waals surface area contributed by atoms with Crippen LogP contribution in [0.1, 0.15) is 22.7 Å². The molecular formula is C35H24N4O+2. The molecule has 0 saturated heterocycles. The molecule has 2 aliphatic rings. The highest BCUT2D eigenvalue weighted by atomic mass is 16.5. The normalized spacial score (nSPS) is 15.2. The Morgan fingerprint density at radius 1 is 0.675 bits per heavy atom. The number of aryl methyl sites for hydroxylation is 2. The van der Waals surface area contributed by atoms with Gasteiger partial charge in [0.1, 0.15) is 44.9 Å². The van der Waals surface area contributed by atoms with Crippen LogP contribution in [0.15, 0.2) is 103 Å². The summed E-state index contributed by atoms with van der Waals surface area (Å²) < 4.78 is 16.3. The number of para-hydroxylation sites is 1. The van der Waals surface area contributed by atoms with E-state index in [1.54, 1.807) is 0 Å². The van der Waals surface area contributed by atoms with Crippen molar-refractivity contribution in [2.45, 2.75) is 13.0 Å². The fraction of sp³-hybridized carbons (Fsp3) is 0.0857. The summed E-state index contributed by atoms with van der Waals surface area (Å²) in [5.74, 6) is 1.86. The first-order chi connectivity index (χ1) is 19.7. The lowest BCUT2D eigenvalue weighted by Crippen LogP contribution is -2.42. The predicted octanol–water partition coefficient (Wildman–Crippen LogP) is 6.82. The molecule has 0 spiro atoms. The van der Waals surface area contributed by atoms with Crippen LogP contribution in [0.5, 0.6) is 11.5 Å². The first kappa shape index (κ1) is 20.8. The second-order valence-electron chi connectivity index (χ2n) is 11.2. The number of pyridine rings is 2. The molecule has 0 aliphatic carbocycles. The minimum absolute atomic E-state index is 0.00288. The first-order valence-corrected chi connectivity index (χ1v) is 13.8. The van der Waals surface area contributed by atoms with Gasteiger partial charge in [0, 0.05) is 21.7 Å². The van der Waals surface area contributed by atoms with Gasteiger partial charge in [0.2, 0.25) is 12.2 Å². The average molecular weight is 517 g/mol. The van der Waals surface area contributed by atoms with Crippen molar-refractivity contribution in [1.29, 1.82) is 0 Å². The Balaban J connectivity index is 1.39. The summed E-state index contributed by atoms with van der Waals surface area (Å²) in [6, 6.07) is 32.8. The molecule has 4 aromatic carbocycles. The van der Waals surface area contributed by atoms with Gasteiger partial charge in [-0.05, 0) is 60.8 Å². The highest BCUT2D eigenvalue weighted by molar-refractivity contribution is 6.14. The number of benzene rings is 4. The molecule has 2 aliphatic heterocycles. The van der Waals surface area contributed by atoms with Crippen molar-refractivity contribution in [2.75, 3.05) is 0 Å². The van der Waals surface area contributed by atoms with Gasteiger partial charge in [-0.2, -0.15) is 4.57 Å². The van der Waals surface area contributed by atoms with E-state index in [0.29, 0.717) is 0 Å². The molecule has 1 unspecified atom stereocenters. The van der Waals surface area contributed by atoms with E-state index >= 15 is 0 Å². The second-order valence-corrected chi connectivity index (χ2v) is 11.2. The molecule has 0 bridgehead atoms. The molecule has 4 aromatic heterocycles. The SMILES string of the molecule is Cc1c[n+]2n3c1c1ccccc1c1ccc4c(c13)C2c1c(cccc1-n1c2ccccc2c2ccc[n+](C)c21)O4. The van der Waals surface area contributed by atoms with Crippen LogP contribution in [0.25, 0.3) is 54.8 Å². The number of nitrogens with zero attached hydrogens (tertiary/aromatic N) is 4. The number of rotatable bonds is 1. The summed E-state index contributed by atoms with van der Waals surface area (Å²) in [6.07, 6.45) is 4.46. The first-order valence-electron chi connectivity index (χ1n) is 13.8. The van der Waals surface area contributed by atoms with E-state index in [4.69, 9.17) is 4.74 Å². The van der Waals surface area contributed by atoms with E-state index in [0.717, 1.165) is 17.2 Å². The lowest BCUT2D eigenvalue weighted by molar-refractivity contribution is -0.759. The Morgan fingerprint density at radius 3 is 2.33 bits per heavy atom. The minimum Gasteiger partial charge on any atom is -0.456 e. The number of hydrogen-bond donors (Lipinski definition) is 0. The van der Waals surface area contributed by atoms with Crippen LogP contribution in [0.2, 0.25) is 0 Å². The maximum atomic E-state index is 6.75. The molecule has 8 aromatic rings. The lowest BCUT2D eigenvalue weighted by Gasteiger charge is -2.23. The maximum absolute atomic E-state index is 6.75. The molecule has 5 heteroatoms. The molecule has 0 amide bonds. The fourth-order valence-electron chi connectivity index (χ4n) is 7.62. The van der Waals surface area contributed by atoms with Gasteiger partial charge in [-0.1, -0.05) is 47.1 Å². The van der Waals surface area contributed by atoms with E-state index in [-0.39, 0.29) is 6.04 Å². The number of hydrogen-bond acceptors (Lipinski definition) is 1. The van der Waals surface area contributed by atoms with Gasteiger partial charge in [-0.25, -0.2) is 4.57 Å². The molecule has 0 saturated carbocycles. The monoisotopic (exact) mass is 516 g/mol. The van der Waals surface area contributed by atoms with Crippen LogP contribution >= 0.6 is 0 Å². The van der Waals surface area contributed by atoms with Crippen LogP contribution in [0.4, 0.5) is 0 Å². The van der Waals surface area contributed by atoms with Crippen molar-refractivity contribution in [1.82, 2.24) is 9.08 Å². The Bertz CT molecular complexity index is 2450. The van der Waals surface area contributed by atoms with Gasteiger partial charge in [-0.15, -0.1) is 4.52 Å². The van der Waals surface area contributed by atoms with Crippen molar-refractivity contribution in [3.63, 3.8) is 0 Å². The zero-order chi connectivity index (χ0) is 26.3. The summed E-state index contributed by atoms with van der Waals surface area (Å²) in [6.45, 7) is 2.23. The van der Waals surface area contributed by atoms with Crippen LogP contribution in [0.3, 0.4) is 0 Å². The van der Waals surface area contributed by atoms with E-state index in [9.17, 15) is 0 Å². The maximum Gasteiger partial charge on any atom is 0.294 e. The lowest BCUT2D eigenvalue weighted by atomic mass is 9.90. The van der Waals surface area contributed by atoms with E-state index in [2.05, 4.69) is 136 Å². The third-order valence-corrected chi connectivity index (χ3v) is 9.11. The Hall–Kier alpha value is -5.16. The van der Waals surface area contributed by atoms with Crippen LogP contribution < -0.4 is 14.0 Å². The zero-order valence-corrected chi connectivity index (χ0v) is 22.1. The van der Waals surface area contributed by atoms with E-state index < -0.39 is 0 Å². The van der Waals surface area contributed by atoms with Crippen molar-refractivity contribution < 1.29 is 14.0 Å². The number of aromatic nitrogens is 4. The molecule has 1 atom stereocenters. The molecule has 0 radical (unpaired) electrons. The largest absolute Gasteiger partial charge is 0.456 e. The highest BCUT2D eigenvalue weighted by Gasteiger charge is 2.47. The standard InChI is InChI=1S/C35H24N4O/c1-20-19-37-34-30-27(38-26-13-6-5-10-22(26)25-12-8-18-36(2)35(25)38)14-7-15-28(30)40-29-17-16-24-21-9-3-4-11-23(21)32(20)39(37)33(24)31(29)34/h3-19,34H,1-2H3/q+2. The van der Waals surface area contributed by atoms with Crippen LogP contribution in [-0.4, -0.2) is 9.08 Å². The van der Waals surface area contributed by atoms with Gasteiger partial charge in [0.25, 0.3) is 5.65 Å². The molecular weight excluding hydrogens is 492 g/mol. The summed E-state index contributed by atoms with van der Waals surface area (Å²) in [4.78, 5) is 0. The third-order valence-electron chi connectivity index (χ3n) is 9.11. The zero-order valence-electron chi connectivity index (χ0n) is 22.1. The molecule has 5 nitrogen and oxygen atoms in total. The van der Waals surface area contributed by atoms with E-state index in [1.807, 2.05) is 0 Å². The van der Waals surface area contributed by atoms with Crippen molar-refractivity contribution >= 4 is 49.1 Å². The Morgan fingerprint density at radius 2 is 1.43 bits per heavy atom. The summed E-state index contributed by atoms with van der Waals surface area (Å²) in [5, 5.41) is 6.33. The van der Waals surface area contributed by atoms with Crippen LogP contribution in [0, 0.1) is 6.92 Å². The van der Waals surface area contributed by atoms with Crippen molar-refractivity contribution in [2.24, 2.45) is 7.05 Å². The molecule has 0 fully saturated rings. The van der Waals surface area contributed by atoms with Gasteiger partial charge in [0.05, 0.1) is 18.6 Å². The van der Waals surface area contributed by atoms with Crippen molar-refractivity contribution in [3.05, 3.63) is 120 Å². The molecule has 188 valence electrons. The number of ether oxygens (including phenoxy) is 1. The van der Waals surface area contributed by atoms with E-state index in [1.165, 1.54) is 65.8 Å². The van der Waals surface area contributed by atoms with Gasteiger partial charge < -0.3 is 4.74 Å². The average Bonchev–Trinajstić information content (AvgIpc) is 3.62. The summed E-state index contributed by atoms with van der Waals surface area (Å²) in [7, 11) is 2.13. The smallest absolute Gasteiger partial charge is 0.294 e. The molecule has 40 heavy (non-hydrogen) atoms. The predicted molar refractivity (Wildman–Crippen MR) is 157 cm³/mol. The minimum atomic E-state index is -0.00288. The Kier molecular flexibility index (Phi) is 3.57.